The molecule has 0 radical (unpaired) electrons. The first kappa shape index (κ1) is 18.4. The van der Waals surface area contributed by atoms with Crippen molar-refractivity contribution in [1.82, 2.24) is 9.78 Å². The number of hydrogen-bond donors (Lipinski definition) is 2. The normalized spacial score (nSPS) is 10.4. The van der Waals surface area contributed by atoms with E-state index in [-0.39, 0.29) is 11.8 Å². The summed E-state index contributed by atoms with van der Waals surface area (Å²) in [5.74, 6) is -0.330. The summed E-state index contributed by atoms with van der Waals surface area (Å²) in [6.07, 6.45) is 2.32. The van der Waals surface area contributed by atoms with Gasteiger partial charge >= 0.3 is 0 Å². The molecule has 3 aromatic rings. The highest BCUT2D eigenvalue weighted by atomic mass is 16.2. The average molecular weight is 362 g/mol. The fourth-order valence-electron chi connectivity index (χ4n) is 2.90. The molecule has 0 unspecified atom stereocenters. The van der Waals surface area contributed by atoms with Crippen molar-refractivity contribution in [2.24, 2.45) is 0 Å². The van der Waals surface area contributed by atoms with Crippen LogP contribution >= 0.6 is 0 Å². The van der Waals surface area contributed by atoms with Crippen LogP contribution in [0.15, 0.2) is 60.8 Å². The maximum Gasteiger partial charge on any atom is 0.259 e. The highest BCUT2D eigenvalue weighted by Gasteiger charge is 2.16. The molecule has 3 rings (SSSR count). The molecule has 6 heteroatoms. The van der Waals surface area contributed by atoms with E-state index in [0.717, 1.165) is 11.3 Å². The molecule has 138 valence electrons. The van der Waals surface area contributed by atoms with E-state index in [0.29, 0.717) is 29.9 Å². The number of nitrogens with zero attached hydrogens (tertiary/aromatic N) is 2. The summed E-state index contributed by atoms with van der Waals surface area (Å²) in [5, 5.41) is 9.98. The SMILES string of the molecule is CCc1c(C(=O)Nc2ccc(NC(C)=O)cc2)cnn1Cc1ccccc1. The third-order valence-corrected chi connectivity index (χ3v) is 4.17. The van der Waals surface area contributed by atoms with Gasteiger partial charge in [-0.1, -0.05) is 37.3 Å². The van der Waals surface area contributed by atoms with Crippen LogP contribution < -0.4 is 10.6 Å². The molecule has 0 aliphatic heterocycles. The predicted molar refractivity (Wildman–Crippen MR) is 106 cm³/mol. The summed E-state index contributed by atoms with van der Waals surface area (Å²) < 4.78 is 1.87. The zero-order chi connectivity index (χ0) is 19.2. The van der Waals surface area contributed by atoms with Crippen molar-refractivity contribution in [3.63, 3.8) is 0 Å². The van der Waals surface area contributed by atoms with Gasteiger partial charge in [-0.05, 0) is 36.2 Å². The van der Waals surface area contributed by atoms with Crippen LogP contribution in [0.5, 0.6) is 0 Å². The van der Waals surface area contributed by atoms with Gasteiger partial charge in [0.25, 0.3) is 5.91 Å². The second-order valence-electron chi connectivity index (χ2n) is 6.21. The molecule has 0 bridgehead atoms. The van der Waals surface area contributed by atoms with Gasteiger partial charge in [-0.2, -0.15) is 5.10 Å². The van der Waals surface area contributed by atoms with Crippen molar-refractivity contribution in [2.75, 3.05) is 10.6 Å². The lowest BCUT2D eigenvalue weighted by Gasteiger charge is -2.09. The van der Waals surface area contributed by atoms with E-state index in [1.54, 1.807) is 30.5 Å². The summed E-state index contributed by atoms with van der Waals surface area (Å²) in [5.41, 5.74) is 3.94. The molecule has 27 heavy (non-hydrogen) atoms. The molecule has 0 fully saturated rings. The highest BCUT2D eigenvalue weighted by Crippen LogP contribution is 2.17. The molecule has 2 N–H and O–H groups in total. The van der Waals surface area contributed by atoms with Crippen molar-refractivity contribution < 1.29 is 9.59 Å². The second kappa shape index (κ2) is 8.31. The lowest BCUT2D eigenvalue weighted by molar-refractivity contribution is -0.114. The molecular weight excluding hydrogens is 340 g/mol. The molecule has 1 heterocycles. The van der Waals surface area contributed by atoms with Gasteiger partial charge in [0, 0.05) is 18.3 Å². The second-order valence-corrected chi connectivity index (χ2v) is 6.21. The van der Waals surface area contributed by atoms with Crippen LogP contribution in [0.4, 0.5) is 11.4 Å². The van der Waals surface area contributed by atoms with Crippen LogP contribution in [-0.2, 0) is 17.8 Å². The standard InChI is InChI=1S/C21H22N4O2/c1-3-20-19(13-22-25(20)14-16-7-5-4-6-8-16)21(27)24-18-11-9-17(10-12-18)23-15(2)26/h4-13H,3,14H2,1-2H3,(H,23,26)(H,24,27). The minimum atomic E-state index is -0.196. The fraction of sp³-hybridized carbons (Fsp3) is 0.190. The molecule has 2 amide bonds. The van der Waals surface area contributed by atoms with Gasteiger partial charge in [-0.25, -0.2) is 0 Å². The van der Waals surface area contributed by atoms with E-state index < -0.39 is 0 Å². The van der Waals surface area contributed by atoms with Crippen LogP contribution in [0, 0.1) is 0 Å². The van der Waals surface area contributed by atoms with Crippen LogP contribution in [-0.4, -0.2) is 21.6 Å². The lowest BCUT2D eigenvalue weighted by atomic mass is 10.1. The molecule has 6 nitrogen and oxygen atoms in total. The molecule has 0 saturated carbocycles. The Morgan fingerprint density at radius 3 is 2.19 bits per heavy atom. The van der Waals surface area contributed by atoms with Crippen molar-refractivity contribution in [3.05, 3.63) is 77.6 Å². The number of amides is 2. The zero-order valence-electron chi connectivity index (χ0n) is 15.4. The van der Waals surface area contributed by atoms with E-state index in [2.05, 4.69) is 15.7 Å². The lowest BCUT2D eigenvalue weighted by Crippen LogP contribution is -2.15. The number of carbonyl (C=O) groups excluding carboxylic acids is 2. The fourth-order valence-corrected chi connectivity index (χ4v) is 2.90. The smallest absolute Gasteiger partial charge is 0.259 e. The van der Waals surface area contributed by atoms with Gasteiger partial charge in [0.15, 0.2) is 0 Å². The molecular formula is C21H22N4O2. The molecule has 0 atom stereocenters. The van der Waals surface area contributed by atoms with E-state index in [1.807, 2.05) is 41.9 Å². The Morgan fingerprint density at radius 2 is 1.59 bits per heavy atom. The maximum atomic E-state index is 12.7. The maximum absolute atomic E-state index is 12.7. The van der Waals surface area contributed by atoms with Gasteiger partial charge in [-0.15, -0.1) is 0 Å². The van der Waals surface area contributed by atoms with Gasteiger partial charge in [-0.3, -0.25) is 14.3 Å². The molecule has 0 saturated heterocycles. The Kier molecular flexibility index (Phi) is 5.66. The Labute approximate surface area is 158 Å². The van der Waals surface area contributed by atoms with Crippen LogP contribution in [0.25, 0.3) is 0 Å². The first-order valence-corrected chi connectivity index (χ1v) is 8.84. The molecule has 0 spiro atoms. The number of carbonyl (C=O) groups is 2. The van der Waals surface area contributed by atoms with Crippen molar-refractivity contribution in [2.45, 2.75) is 26.8 Å². The minimum Gasteiger partial charge on any atom is -0.326 e. The van der Waals surface area contributed by atoms with Gasteiger partial charge in [0.05, 0.1) is 24.0 Å². The average Bonchev–Trinajstić information content (AvgIpc) is 3.06. The summed E-state index contributed by atoms with van der Waals surface area (Å²) in [6, 6.07) is 17.0. The van der Waals surface area contributed by atoms with Crippen LogP contribution in [0.1, 0.15) is 35.5 Å². The summed E-state index contributed by atoms with van der Waals surface area (Å²) >= 11 is 0. The van der Waals surface area contributed by atoms with Gasteiger partial charge in [0.2, 0.25) is 5.91 Å². The quantitative estimate of drug-likeness (QED) is 0.702. The molecule has 0 aliphatic carbocycles. The summed E-state index contributed by atoms with van der Waals surface area (Å²) in [6.45, 7) is 4.09. The molecule has 2 aromatic carbocycles. The Hall–Kier alpha value is -3.41. The third-order valence-electron chi connectivity index (χ3n) is 4.17. The zero-order valence-corrected chi connectivity index (χ0v) is 15.4. The Balaban J connectivity index is 1.74. The van der Waals surface area contributed by atoms with Crippen molar-refractivity contribution in [3.8, 4) is 0 Å². The number of aromatic nitrogens is 2. The van der Waals surface area contributed by atoms with Gasteiger partial charge in [0.1, 0.15) is 0 Å². The van der Waals surface area contributed by atoms with Crippen molar-refractivity contribution >= 4 is 23.2 Å². The first-order chi connectivity index (χ1) is 13.1. The van der Waals surface area contributed by atoms with Gasteiger partial charge < -0.3 is 10.6 Å². The number of hydrogen-bond acceptors (Lipinski definition) is 3. The topological polar surface area (TPSA) is 76.0 Å². The van der Waals surface area contributed by atoms with Crippen LogP contribution in [0.3, 0.4) is 0 Å². The first-order valence-electron chi connectivity index (χ1n) is 8.84. The highest BCUT2D eigenvalue weighted by molar-refractivity contribution is 6.05. The number of nitrogens with one attached hydrogen (secondary N) is 2. The Bertz CT molecular complexity index is 931. The van der Waals surface area contributed by atoms with E-state index in [9.17, 15) is 9.59 Å². The minimum absolute atomic E-state index is 0.134. The van der Waals surface area contributed by atoms with Crippen LogP contribution in [0.2, 0.25) is 0 Å². The van der Waals surface area contributed by atoms with E-state index >= 15 is 0 Å². The number of benzene rings is 2. The molecule has 1 aromatic heterocycles. The van der Waals surface area contributed by atoms with E-state index in [1.165, 1.54) is 6.92 Å². The van der Waals surface area contributed by atoms with E-state index in [4.69, 9.17) is 0 Å². The van der Waals surface area contributed by atoms with Crippen molar-refractivity contribution in [1.29, 1.82) is 0 Å². The number of anilines is 2. The molecule has 0 aliphatic rings. The summed E-state index contributed by atoms with van der Waals surface area (Å²) in [4.78, 5) is 23.8. The predicted octanol–water partition coefficient (Wildman–Crippen LogP) is 3.70. The summed E-state index contributed by atoms with van der Waals surface area (Å²) in [7, 11) is 0. The largest absolute Gasteiger partial charge is 0.326 e. The monoisotopic (exact) mass is 362 g/mol. The number of rotatable bonds is 6. The third kappa shape index (κ3) is 4.61. The Morgan fingerprint density at radius 1 is 0.963 bits per heavy atom.